The summed E-state index contributed by atoms with van der Waals surface area (Å²) in [6.07, 6.45) is 4.61. The molecule has 1 atom stereocenters. The molecule has 0 radical (unpaired) electrons. The molecule has 0 bridgehead atoms. The molecule has 0 aliphatic rings. The lowest BCUT2D eigenvalue weighted by atomic mass is 9.81. The fourth-order valence-electron chi connectivity index (χ4n) is 4.34. The van der Waals surface area contributed by atoms with E-state index in [1.807, 2.05) is 6.07 Å². The number of halogens is 2. The van der Waals surface area contributed by atoms with Crippen molar-refractivity contribution in [3.05, 3.63) is 123 Å². The van der Waals surface area contributed by atoms with Gasteiger partial charge in [0, 0.05) is 39.4 Å². The standard InChI is InChI=1S/C26H17Cl2N3O3/c27-19-7-4-17(5-8-19)26(25(33)34,31-11-10-29-15-31)18-6-9-23-22(13-18)21(14-24(32)30-23)16-2-1-3-20(28)12-16/h1-15H,(H,30,32)(H,33,34). The van der Waals surface area contributed by atoms with Gasteiger partial charge in [-0.05, 0) is 58.7 Å². The Morgan fingerprint density at radius 2 is 1.71 bits per heavy atom. The van der Waals surface area contributed by atoms with E-state index in [-0.39, 0.29) is 5.56 Å². The van der Waals surface area contributed by atoms with Gasteiger partial charge in [0.1, 0.15) is 0 Å². The second-order valence-corrected chi connectivity index (χ2v) is 8.68. The second-order valence-electron chi connectivity index (χ2n) is 7.81. The summed E-state index contributed by atoms with van der Waals surface area (Å²) in [6, 6.07) is 20.5. The van der Waals surface area contributed by atoms with Gasteiger partial charge < -0.3 is 14.7 Å². The first-order valence-corrected chi connectivity index (χ1v) is 11.1. The summed E-state index contributed by atoms with van der Waals surface area (Å²) in [5.41, 5.74) is 1.04. The van der Waals surface area contributed by atoms with Gasteiger partial charge in [-0.3, -0.25) is 4.79 Å². The highest BCUT2D eigenvalue weighted by Gasteiger charge is 2.44. The second kappa shape index (κ2) is 8.48. The fraction of sp³-hybridized carbons (Fsp3) is 0.0385. The van der Waals surface area contributed by atoms with Gasteiger partial charge in [0.2, 0.25) is 5.56 Å². The van der Waals surface area contributed by atoms with Crippen LogP contribution in [0.3, 0.4) is 0 Å². The molecule has 0 amide bonds. The third kappa shape index (κ3) is 3.57. The molecule has 0 fully saturated rings. The zero-order chi connectivity index (χ0) is 23.9. The van der Waals surface area contributed by atoms with Crippen LogP contribution < -0.4 is 5.56 Å². The number of hydrogen-bond donors (Lipinski definition) is 2. The van der Waals surface area contributed by atoms with Crippen LogP contribution in [0, 0.1) is 0 Å². The monoisotopic (exact) mass is 489 g/mol. The third-order valence-electron chi connectivity index (χ3n) is 5.86. The Morgan fingerprint density at radius 3 is 2.38 bits per heavy atom. The van der Waals surface area contributed by atoms with Crippen molar-refractivity contribution in [2.24, 2.45) is 0 Å². The molecule has 3 aromatic carbocycles. The van der Waals surface area contributed by atoms with Crippen molar-refractivity contribution in [2.75, 3.05) is 0 Å². The Kier molecular flexibility index (Phi) is 5.48. The molecule has 5 aromatic rings. The van der Waals surface area contributed by atoms with E-state index in [0.29, 0.717) is 37.6 Å². The number of aliphatic carboxylic acids is 1. The number of carboxylic acids is 1. The number of aromatic nitrogens is 3. The summed E-state index contributed by atoms with van der Waals surface area (Å²) in [5, 5.41) is 12.4. The largest absolute Gasteiger partial charge is 0.479 e. The van der Waals surface area contributed by atoms with Gasteiger partial charge in [0.05, 0.1) is 6.33 Å². The number of benzene rings is 3. The molecule has 0 spiro atoms. The first-order chi connectivity index (χ1) is 16.4. The number of fused-ring (bicyclic) bond motifs is 1. The van der Waals surface area contributed by atoms with E-state index in [4.69, 9.17) is 23.2 Å². The molecule has 34 heavy (non-hydrogen) atoms. The van der Waals surface area contributed by atoms with Gasteiger partial charge >= 0.3 is 5.97 Å². The maximum absolute atomic E-state index is 13.0. The SMILES string of the molecule is O=C(O)C(c1ccc(Cl)cc1)(c1ccc2[nH]c(=O)cc(-c3cccc(Cl)c3)c2c1)n1ccnc1. The van der Waals surface area contributed by atoms with Crippen molar-refractivity contribution >= 4 is 40.1 Å². The van der Waals surface area contributed by atoms with E-state index < -0.39 is 11.5 Å². The van der Waals surface area contributed by atoms with Crippen molar-refractivity contribution in [3.63, 3.8) is 0 Å². The van der Waals surface area contributed by atoms with E-state index >= 15 is 0 Å². The predicted octanol–water partition coefficient (Wildman–Crippen LogP) is 5.57. The van der Waals surface area contributed by atoms with Crippen LogP contribution in [0.2, 0.25) is 10.0 Å². The van der Waals surface area contributed by atoms with Gasteiger partial charge in [-0.2, -0.15) is 0 Å². The molecule has 2 aromatic heterocycles. The van der Waals surface area contributed by atoms with Gasteiger partial charge in [0.25, 0.3) is 0 Å². The maximum Gasteiger partial charge on any atom is 0.339 e. The van der Waals surface area contributed by atoms with Crippen molar-refractivity contribution in [3.8, 4) is 11.1 Å². The van der Waals surface area contributed by atoms with Crippen LogP contribution in [0.1, 0.15) is 11.1 Å². The Bertz CT molecular complexity index is 1580. The first-order valence-electron chi connectivity index (χ1n) is 10.3. The Hall–Kier alpha value is -3.87. The maximum atomic E-state index is 13.0. The van der Waals surface area contributed by atoms with E-state index in [1.165, 1.54) is 18.6 Å². The minimum atomic E-state index is -1.63. The number of carboxylic acid groups (broad SMARTS) is 1. The molecule has 5 rings (SSSR count). The summed E-state index contributed by atoms with van der Waals surface area (Å²) in [5.74, 6) is -1.10. The summed E-state index contributed by atoms with van der Waals surface area (Å²) in [4.78, 5) is 32.4. The highest BCUT2D eigenvalue weighted by molar-refractivity contribution is 6.31. The van der Waals surface area contributed by atoms with E-state index in [2.05, 4.69) is 9.97 Å². The highest BCUT2D eigenvalue weighted by Crippen LogP contribution is 2.38. The average Bonchev–Trinajstić information content (AvgIpc) is 3.35. The molecule has 8 heteroatoms. The molecule has 168 valence electrons. The number of rotatable bonds is 5. The van der Waals surface area contributed by atoms with Crippen LogP contribution in [-0.2, 0) is 10.3 Å². The average molecular weight is 490 g/mol. The fourth-order valence-corrected chi connectivity index (χ4v) is 4.66. The van der Waals surface area contributed by atoms with Gasteiger partial charge in [-0.15, -0.1) is 0 Å². The van der Waals surface area contributed by atoms with Crippen LogP contribution >= 0.6 is 23.2 Å². The molecule has 1 unspecified atom stereocenters. The molecular formula is C26H17Cl2N3O3. The number of carbonyl (C=O) groups is 1. The Labute approximate surface area is 204 Å². The number of imidazole rings is 1. The van der Waals surface area contributed by atoms with Crippen molar-refractivity contribution in [1.29, 1.82) is 0 Å². The number of hydrogen-bond acceptors (Lipinski definition) is 3. The van der Waals surface area contributed by atoms with Gasteiger partial charge in [0.15, 0.2) is 5.54 Å². The number of H-pyrrole nitrogens is 1. The van der Waals surface area contributed by atoms with Crippen LogP contribution in [0.25, 0.3) is 22.0 Å². The van der Waals surface area contributed by atoms with Crippen LogP contribution in [0.4, 0.5) is 0 Å². The van der Waals surface area contributed by atoms with Crippen LogP contribution in [-0.4, -0.2) is 25.6 Å². The lowest BCUT2D eigenvalue weighted by molar-refractivity contribution is -0.143. The van der Waals surface area contributed by atoms with Crippen molar-refractivity contribution in [1.82, 2.24) is 14.5 Å². The number of pyridine rings is 1. The molecule has 6 nitrogen and oxygen atoms in total. The smallest absolute Gasteiger partial charge is 0.339 e. The quantitative estimate of drug-likeness (QED) is 0.337. The Morgan fingerprint density at radius 1 is 0.941 bits per heavy atom. The number of nitrogens with zero attached hydrogens (tertiary/aromatic N) is 2. The van der Waals surface area contributed by atoms with Crippen LogP contribution in [0.5, 0.6) is 0 Å². The molecular weight excluding hydrogens is 473 g/mol. The summed E-state index contributed by atoms with van der Waals surface area (Å²) >= 11 is 12.3. The lowest BCUT2D eigenvalue weighted by Crippen LogP contribution is -2.43. The first kappa shape index (κ1) is 21.9. The van der Waals surface area contributed by atoms with Crippen molar-refractivity contribution < 1.29 is 9.90 Å². The van der Waals surface area contributed by atoms with Crippen molar-refractivity contribution in [2.45, 2.75) is 5.54 Å². The third-order valence-corrected chi connectivity index (χ3v) is 6.35. The molecule has 2 N–H and O–H groups in total. The lowest BCUT2D eigenvalue weighted by Gasteiger charge is -2.32. The highest BCUT2D eigenvalue weighted by atomic mass is 35.5. The summed E-state index contributed by atoms with van der Waals surface area (Å²) < 4.78 is 1.55. The van der Waals surface area contributed by atoms with Crippen LogP contribution in [0.15, 0.2) is 96.3 Å². The zero-order valence-corrected chi connectivity index (χ0v) is 19.1. The molecule has 2 heterocycles. The van der Waals surface area contributed by atoms with Gasteiger partial charge in [-0.25, -0.2) is 9.78 Å². The summed E-state index contributed by atoms with van der Waals surface area (Å²) in [7, 11) is 0. The normalized spacial score (nSPS) is 13.0. The Balaban J connectivity index is 1.86. The number of nitrogens with one attached hydrogen (secondary N) is 1. The zero-order valence-electron chi connectivity index (χ0n) is 17.6. The molecule has 0 saturated heterocycles. The van der Waals surface area contributed by atoms with E-state index in [9.17, 15) is 14.7 Å². The molecule has 0 aliphatic heterocycles. The molecule has 0 aliphatic carbocycles. The van der Waals surface area contributed by atoms with E-state index in [1.54, 1.807) is 71.4 Å². The predicted molar refractivity (Wildman–Crippen MR) is 133 cm³/mol. The summed E-state index contributed by atoms with van der Waals surface area (Å²) in [6.45, 7) is 0. The molecule has 0 saturated carbocycles. The topological polar surface area (TPSA) is 88.0 Å². The van der Waals surface area contributed by atoms with Gasteiger partial charge in [-0.1, -0.05) is 53.5 Å². The minimum absolute atomic E-state index is 0.271. The number of aromatic amines is 1. The van der Waals surface area contributed by atoms with E-state index in [0.717, 1.165) is 5.56 Å². The minimum Gasteiger partial charge on any atom is -0.479 e.